The van der Waals surface area contributed by atoms with Crippen molar-refractivity contribution in [2.45, 2.75) is 25.4 Å². The number of pyridine rings is 1. The molecule has 0 atom stereocenters. The van der Waals surface area contributed by atoms with Gasteiger partial charge in [-0.2, -0.15) is 0 Å². The number of methoxy groups -OCH3 is 1. The third kappa shape index (κ3) is 5.62. The van der Waals surface area contributed by atoms with Gasteiger partial charge in [0.15, 0.2) is 0 Å². The van der Waals surface area contributed by atoms with Crippen molar-refractivity contribution in [3.8, 4) is 11.1 Å². The Balaban J connectivity index is 1.35. The average Bonchev–Trinajstić information content (AvgIpc) is 2.94. The summed E-state index contributed by atoms with van der Waals surface area (Å²) in [6.07, 6.45) is 1.63. The highest BCUT2D eigenvalue weighted by atomic mass is 16.5. The second-order valence-corrected chi connectivity index (χ2v) is 9.20. The number of hydrogen-bond donors (Lipinski definition) is 2. The molecule has 188 valence electrons. The highest BCUT2D eigenvalue weighted by Crippen LogP contribution is 2.34. The Morgan fingerprint density at radius 2 is 1.57 bits per heavy atom. The fraction of sp³-hybridized carbons (Fsp3) is 0.233. The van der Waals surface area contributed by atoms with E-state index in [-0.39, 0.29) is 18.0 Å². The molecule has 4 aromatic rings. The zero-order chi connectivity index (χ0) is 25.6. The molecular weight excluding hydrogens is 464 g/mol. The van der Waals surface area contributed by atoms with Crippen LogP contribution in [0.15, 0.2) is 84.9 Å². The number of carbonyl (C=O) groups excluding carboxylic acids is 2. The van der Waals surface area contributed by atoms with E-state index in [1.165, 1.54) is 7.11 Å². The van der Waals surface area contributed by atoms with E-state index in [4.69, 9.17) is 9.72 Å². The van der Waals surface area contributed by atoms with Crippen LogP contribution in [0.5, 0.6) is 0 Å². The fourth-order valence-corrected chi connectivity index (χ4v) is 4.93. The van der Waals surface area contributed by atoms with E-state index in [0.717, 1.165) is 53.6 Å². The third-order valence-corrected chi connectivity index (χ3v) is 6.75. The standard InChI is InChI=1S/C30H30N4O3/c1-37-29(35)28-26(33-25-15-9-8-14-24(25)27(28)21-10-4-2-5-11-21)20-34-18-16-23(17-19-34)32-30(36)31-22-12-6-3-7-13-22/h2-15,23H,16-20H2,1H3,(H2,31,32,36). The molecule has 1 aliphatic rings. The summed E-state index contributed by atoms with van der Waals surface area (Å²) in [7, 11) is 1.41. The van der Waals surface area contributed by atoms with Gasteiger partial charge in [-0.05, 0) is 36.6 Å². The molecule has 2 N–H and O–H groups in total. The molecular formula is C30H30N4O3. The van der Waals surface area contributed by atoms with Gasteiger partial charge in [0.1, 0.15) is 0 Å². The van der Waals surface area contributed by atoms with Gasteiger partial charge >= 0.3 is 12.0 Å². The fourth-order valence-electron chi connectivity index (χ4n) is 4.93. The molecule has 2 amide bonds. The summed E-state index contributed by atoms with van der Waals surface area (Å²) >= 11 is 0. The average molecular weight is 495 g/mol. The van der Waals surface area contributed by atoms with Crippen LogP contribution in [0.25, 0.3) is 22.0 Å². The van der Waals surface area contributed by atoms with Gasteiger partial charge in [-0.3, -0.25) is 9.88 Å². The largest absolute Gasteiger partial charge is 0.465 e. The van der Waals surface area contributed by atoms with Crippen molar-refractivity contribution in [2.75, 3.05) is 25.5 Å². The molecule has 3 aromatic carbocycles. The summed E-state index contributed by atoms with van der Waals surface area (Å²) in [6.45, 7) is 2.09. The summed E-state index contributed by atoms with van der Waals surface area (Å²) < 4.78 is 5.23. The molecule has 0 spiro atoms. The van der Waals surface area contributed by atoms with Crippen LogP contribution in [-0.2, 0) is 11.3 Å². The summed E-state index contributed by atoms with van der Waals surface area (Å²) in [6, 6.07) is 27.1. The number of likely N-dealkylation sites (tertiary alicyclic amines) is 1. The van der Waals surface area contributed by atoms with Gasteiger partial charge < -0.3 is 15.4 Å². The molecule has 1 saturated heterocycles. The maximum atomic E-state index is 13.1. The Labute approximate surface area is 216 Å². The predicted octanol–water partition coefficient (Wildman–Crippen LogP) is 5.47. The number of hydrogen-bond acceptors (Lipinski definition) is 5. The van der Waals surface area contributed by atoms with Gasteiger partial charge in [-0.25, -0.2) is 9.59 Å². The number of para-hydroxylation sites is 2. The number of ether oxygens (including phenoxy) is 1. The second-order valence-electron chi connectivity index (χ2n) is 9.20. The maximum absolute atomic E-state index is 13.1. The van der Waals surface area contributed by atoms with E-state index in [1.807, 2.05) is 84.9 Å². The monoisotopic (exact) mass is 494 g/mol. The molecule has 1 fully saturated rings. The second kappa shape index (κ2) is 11.2. The van der Waals surface area contributed by atoms with Gasteiger partial charge in [0.2, 0.25) is 0 Å². The van der Waals surface area contributed by atoms with Crippen LogP contribution in [0, 0.1) is 0 Å². The number of anilines is 1. The van der Waals surface area contributed by atoms with Crippen LogP contribution in [0.4, 0.5) is 10.5 Å². The van der Waals surface area contributed by atoms with Crippen LogP contribution in [-0.4, -0.2) is 48.1 Å². The number of nitrogens with one attached hydrogen (secondary N) is 2. The molecule has 0 aliphatic carbocycles. The van der Waals surface area contributed by atoms with Crippen molar-refractivity contribution in [3.05, 3.63) is 96.2 Å². The molecule has 5 rings (SSSR count). The Hall–Kier alpha value is -4.23. The van der Waals surface area contributed by atoms with Gasteiger partial charge in [0.25, 0.3) is 0 Å². The van der Waals surface area contributed by atoms with E-state index in [9.17, 15) is 9.59 Å². The molecule has 37 heavy (non-hydrogen) atoms. The van der Waals surface area contributed by atoms with Crippen LogP contribution in [0.1, 0.15) is 28.9 Å². The number of urea groups is 1. The van der Waals surface area contributed by atoms with Crippen LogP contribution in [0.2, 0.25) is 0 Å². The molecule has 0 radical (unpaired) electrons. The summed E-state index contributed by atoms with van der Waals surface area (Å²) in [5, 5.41) is 6.88. The van der Waals surface area contributed by atoms with E-state index in [0.29, 0.717) is 17.8 Å². The molecule has 7 nitrogen and oxygen atoms in total. The summed E-state index contributed by atoms with van der Waals surface area (Å²) in [5.41, 5.74) is 4.63. The molecule has 0 saturated carbocycles. The SMILES string of the molecule is COC(=O)c1c(CN2CCC(NC(=O)Nc3ccccc3)CC2)nc2ccccc2c1-c1ccccc1. The first-order valence-corrected chi connectivity index (χ1v) is 12.5. The van der Waals surface area contributed by atoms with Crippen molar-refractivity contribution >= 4 is 28.6 Å². The lowest BCUT2D eigenvalue weighted by Gasteiger charge is -2.32. The first kappa shape index (κ1) is 24.5. The van der Waals surface area contributed by atoms with Gasteiger partial charge in [-0.15, -0.1) is 0 Å². The Kier molecular flexibility index (Phi) is 7.42. The zero-order valence-corrected chi connectivity index (χ0v) is 20.8. The third-order valence-electron chi connectivity index (χ3n) is 6.75. The normalized spacial score (nSPS) is 14.3. The van der Waals surface area contributed by atoms with Crippen molar-refractivity contribution in [2.24, 2.45) is 0 Å². The van der Waals surface area contributed by atoms with E-state index in [1.54, 1.807) is 0 Å². The number of benzene rings is 3. The molecule has 0 unspecified atom stereocenters. The van der Waals surface area contributed by atoms with Crippen molar-refractivity contribution in [1.82, 2.24) is 15.2 Å². The summed E-state index contributed by atoms with van der Waals surface area (Å²) in [5.74, 6) is -0.388. The van der Waals surface area contributed by atoms with E-state index < -0.39 is 0 Å². The number of esters is 1. The van der Waals surface area contributed by atoms with Gasteiger partial charge in [0.05, 0.1) is 23.9 Å². The number of aromatic nitrogens is 1. The maximum Gasteiger partial charge on any atom is 0.340 e. The number of rotatable bonds is 6. The topological polar surface area (TPSA) is 83.6 Å². The highest BCUT2D eigenvalue weighted by molar-refractivity contribution is 6.07. The molecule has 1 aromatic heterocycles. The lowest BCUT2D eigenvalue weighted by atomic mass is 9.93. The Morgan fingerprint density at radius 1 is 0.919 bits per heavy atom. The van der Waals surface area contributed by atoms with Crippen LogP contribution >= 0.6 is 0 Å². The number of amides is 2. The van der Waals surface area contributed by atoms with Crippen LogP contribution in [0.3, 0.4) is 0 Å². The minimum absolute atomic E-state index is 0.0875. The van der Waals surface area contributed by atoms with E-state index in [2.05, 4.69) is 15.5 Å². The molecule has 0 bridgehead atoms. The first-order chi connectivity index (χ1) is 18.1. The first-order valence-electron chi connectivity index (χ1n) is 12.5. The highest BCUT2D eigenvalue weighted by Gasteiger charge is 2.26. The number of carbonyl (C=O) groups is 2. The molecule has 7 heteroatoms. The number of nitrogens with zero attached hydrogens (tertiary/aromatic N) is 2. The minimum atomic E-state index is -0.388. The number of piperidine rings is 1. The Morgan fingerprint density at radius 3 is 2.27 bits per heavy atom. The van der Waals surface area contributed by atoms with E-state index >= 15 is 0 Å². The minimum Gasteiger partial charge on any atom is -0.465 e. The molecule has 1 aliphatic heterocycles. The summed E-state index contributed by atoms with van der Waals surface area (Å²) in [4.78, 5) is 32.7. The quantitative estimate of drug-likeness (QED) is 0.347. The number of fused-ring (bicyclic) bond motifs is 1. The lowest BCUT2D eigenvalue weighted by Crippen LogP contribution is -2.45. The predicted molar refractivity (Wildman–Crippen MR) is 145 cm³/mol. The molecule has 2 heterocycles. The van der Waals surface area contributed by atoms with Gasteiger partial charge in [-0.1, -0.05) is 66.7 Å². The smallest absolute Gasteiger partial charge is 0.340 e. The zero-order valence-electron chi connectivity index (χ0n) is 20.8. The Bertz CT molecular complexity index is 1380. The van der Waals surface area contributed by atoms with Gasteiger partial charge in [0, 0.05) is 42.3 Å². The van der Waals surface area contributed by atoms with Crippen LogP contribution < -0.4 is 10.6 Å². The van der Waals surface area contributed by atoms with Crippen molar-refractivity contribution in [3.63, 3.8) is 0 Å². The lowest BCUT2D eigenvalue weighted by molar-refractivity contribution is 0.0598. The van der Waals surface area contributed by atoms with Crippen molar-refractivity contribution < 1.29 is 14.3 Å². The van der Waals surface area contributed by atoms with Crippen molar-refractivity contribution in [1.29, 1.82) is 0 Å².